The molecule has 33 heavy (non-hydrogen) atoms. The van der Waals surface area contributed by atoms with E-state index in [1.807, 2.05) is 53.4 Å². The number of aromatic hydroxyl groups is 1. The zero-order valence-electron chi connectivity index (χ0n) is 20.1. The average Bonchev–Trinajstić information content (AvgIpc) is 2.81. The van der Waals surface area contributed by atoms with E-state index in [2.05, 4.69) is 20.8 Å². The fourth-order valence-electron chi connectivity index (χ4n) is 3.58. The Morgan fingerprint density at radius 1 is 0.909 bits per heavy atom. The van der Waals surface area contributed by atoms with E-state index in [9.17, 15) is 9.90 Å². The number of carbonyl (C=O) groups excluding carboxylic acids is 1. The maximum atomic E-state index is 13.5. The Hall–Kier alpha value is -3.47. The molecule has 0 radical (unpaired) electrons. The number of rotatable bonds is 8. The average molecular weight is 448 g/mol. The van der Waals surface area contributed by atoms with Crippen LogP contribution in [0.3, 0.4) is 0 Å². The highest BCUT2D eigenvalue weighted by Gasteiger charge is 2.21. The van der Waals surface area contributed by atoms with Crippen LogP contribution in [-0.4, -0.2) is 36.7 Å². The molecular weight excluding hydrogens is 414 g/mol. The second kappa shape index (κ2) is 10.4. The van der Waals surface area contributed by atoms with Gasteiger partial charge in [0.25, 0.3) is 5.91 Å². The quantitative estimate of drug-likeness (QED) is 0.450. The highest BCUT2D eigenvalue weighted by molar-refractivity contribution is 5.94. The summed E-state index contributed by atoms with van der Waals surface area (Å²) >= 11 is 0. The zero-order chi connectivity index (χ0) is 24.0. The molecule has 0 unspecified atom stereocenters. The second-order valence-electron chi connectivity index (χ2n) is 9.34. The van der Waals surface area contributed by atoms with Crippen LogP contribution in [0.25, 0.3) is 11.1 Å². The number of ether oxygens (including phenoxy) is 2. The Morgan fingerprint density at radius 2 is 1.64 bits per heavy atom. The molecule has 1 amide bonds. The Bertz CT molecular complexity index is 1080. The van der Waals surface area contributed by atoms with Crippen molar-refractivity contribution in [2.75, 3.05) is 20.8 Å². The molecule has 1 N–H and O–H groups in total. The normalized spacial score (nSPS) is 11.2. The number of amides is 1. The van der Waals surface area contributed by atoms with Crippen molar-refractivity contribution in [3.05, 3.63) is 77.9 Å². The molecule has 3 aromatic carbocycles. The maximum absolute atomic E-state index is 13.5. The predicted octanol–water partition coefficient (Wildman–Crippen LogP) is 6.16. The summed E-state index contributed by atoms with van der Waals surface area (Å²) in [6.07, 6.45) is 0.862. The first-order valence-corrected chi connectivity index (χ1v) is 11.1. The molecule has 0 bridgehead atoms. The van der Waals surface area contributed by atoms with Crippen molar-refractivity contribution in [2.45, 2.75) is 33.7 Å². The van der Waals surface area contributed by atoms with E-state index in [-0.39, 0.29) is 17.1 Å². The van der Waals surface area contributed by atoms with Crippen LogP contribution >= 0.6 is 0 Å². The first-order chi connectivity index (χ1) is 15.7. The van der Waals surface area contributed by atoms with Crippen LogP contribution in [0, 0.1) is 5.41 Å². The first kappa shape index (κ1) is 24.2. The molecule has 0 aromatic heterocycles. The monoisotopic (exact) mass is 447 g/mol. The first-order valence-electron chi connectivity index (χ1n) is 11.1. The van der Waals surface area contributed by atoms with E-state index in [1.165, 1.54) is 0 Å². The molecule has 174 valence electrons. The topological polar surface area (TPSA) is 59.0 Å². The smallest absolute Gasteiger partial charge is 0.254 e. The third-order valence-electron chi connectivity index (χ3n) is 5.59. The van der Waals surface area contributed by atoms with Crippen molar-refractivity contribution in [1.82, 2.24) is 4.90 Å². The van der Waals surface area contributed by atoms with Gasteiger partial charge in [0, 0.05) is 30.3 Å². The molecule has 0 fully saturated rings. The molecule has 0 aliphatic carbocycles. The standard InChI is InChI=1S/C28H33NO4/c1-28(2,3)15-16-29(19-23-13-14-24(30)18-26(23)33-5)27(31)21-11-9-20(10-12-21)22-7-6-8-25(17-22)32-4/h6-14,17-18,30H,15-16,19H2,1-5H3. The van der Waals surface area contributed by atoms with Gasteiger partial charge in [-0.3, -0.25) is 4.79 Å². The molecule has 0 heterocycles. The molecule has 5 heteroatoms. The summed E-state index contributed by atoms with van der Waals surface area (Å²) in [6.45, 7) is 7.51. The van der Waals surface area contributed by atoms with E-state index >= 15 is 0 Å². The van der Waals surface area contributed by atoms with Crippen LogP contribution in [0.2, 0.25) is 0 Å². The predicted molar refractivity (Wildman–Crippen MR) is 132 cm³/mol. The number of benzene rings is 3. The second-order valence-corrected chi connectivity index (χ2v) is 9.34. The molecule has 0 aliphatic heterocycles. The van der Waals surface area contributed by atoms with Crippen molar-refractivity contribution < 1.29 is 19.4 Å². The lowest BCUT2D eigenvalue weighted by Crippen LogP contribution is -2.33. The number of hydrogen-bond donors (Lipinski definition) is 1. The van der Waals surface area contributed by atoms with Crippen LogP contribution in [0.15, 0.2) is 66.7 Å². The highest BCUT2D eigenvalue weighted by Crippen LogP contribution is 2.28. The van der Waals surface area contributed by atoms with Crippen LogP contribution < -0.4 is 9.47 Å². The molecule has 3 aromatic rings. The maximum Gasteiger partial charge on any atom is 0.254 e. The number of methoxy groups -OCH3 is 2. The fraction of sp³-hybridized carbons (Fsp3) is 0.321. The molecule has 3 rings (SSSR count). The van der Waals surface area contributed by atoms with Gasteiger partial charge < -0.3 is 19.5 Å². The van der Waals surface area contributed by atoms with Gasteiger partial charge in [0.15, 0.2) is 0 Å². The van der Waals surface area contributed by atoms with Gasteiger partial charge in [-0.1, -0.05) is 45.0 Å². The number of phenols is 1. The summed E-state index contributed by atoms with van der Waals surface area (Å²) in [5.41, 5.74) is 3.63. The number of phenolic OH excluding ortho intramolecular Hbond substituents is 1. The summed E-state index contributed by atoms with van der Waals surface area (Å²) in [5.74, 6) is 1.46. The lowest BCUT2D eigenvalue weighted by molar-refractivity contribution is 0.0723. The van der Waals surface area contributed by atoms with Crippen LogP contribution in [-0.2, 0) is 6.54 Å². The molecule has 0 spiro atoms. The minimum Gasteiger partial charge on any atom is -0.508 e. The molecule has 0 saturated heterocycles. The lowest BCUT2D eigenvalue weighted by atomic mass is 9.92. The Balaban J connectivity index is 1.86. The SMILES string of the molecule is COc1cccc(-c2ccc(C(=O)N(CCC(C)(C)C)Cc3ccc(O)cc3OC)cc2)c1. The fourth-order valence-corrected chi connectivity index (χ4v) is 3.58. The molecule has 0 saturated carbocycles. The van der Waals surface area contributed by atoms with E-state index in [0.717, 1.165) is 28.9 Å². The summed E-state index contributed by atoms with van der Waals surface area (Å²) in [6, 6.07) is 20.5. The van der Waals surface area contributed by atoms with Crippen LogP contribution in [0.4, 0.5) is 0 Å². The molecule has 0 aliphatic rings. The minimum absolute atomic E-state index is 0.0356. The Morgan fingerprint density at radius 3 is 2.27 bits per heavy atom. The zero-order valence-corrected chi connectivity index (χ0v) is 20.1. The minimum atomic E-state index is -0.0356. The summed E-state index contributed by atoms with van der Waals surface area (Å²) in [5, 5.41) is 9.78. The van der Waals surface area contributed by atoms with Gasteiger partial charge in [-0.25, -0.2) is 0 Å². The number of carbonyl (C=O) groups is 1. The van der Waals surface area contributed by atoms with Crippen LogP contribution in [0.1, 0.15) is 43.1 Å². The van der Waals surface area contributed by atoms with Gasteiger partial charge >= 0.3 is 0 Å². The molecule has 5 nitrogen and oxygen atoms in total. The van der Waals surface area contributed by atoms with Crippen LogP contribution in [0.5, 0.6) is 17.2 Å². The van der Waals surface area contributed by atoms with E-state index in [0.29, 0.717) is 24.4 Å². The van der Waals surface area contributed by atoms with Crippen molar-refractivity contribution in [3.63, 3.8) is 0 Å². The number of nitrogens with zero attached hydrogens (tertiary/aromatic N) is 1. The van der Waals surface area contributed by atoms with E-state index in [1.54, 1.807) is 32.4 Å². The van der Waals surface area contributed by atoms with E-state index < -0.39 is 0 Å². The van der Waals surface area contributed by atoms with E-state index in [4.69, 9.17) is 9.47 Å². The summed E-state index contributed by atoms with van der Waals surface area (Å²) in [4.78, 5) is 15.3. The summed E-state index contributed by atoms with van der Waals surface area (Å²) in [7, 11) is 3.22. The third-order valence-corrected chi connectivity index (χ3v) is 5.59. The van der Waals surface area contributed by atoms with Gasteiger partial charge in [0.2, 0.25) is 0 Å². The largest absolute Gasteiger partial charge is 0.508 e. The van der Waals surface area contributed by atoms with Gasteiger partial charge in [-0.15, -0.1) is 0 Å². The summed E-state index contributed by atoms with van der Waals surface area (Å²) < 4.78 is 10.8. The Kier molecular flexibility index (Phi) is 7.64. The van der Waals surface area contributed by atoms with Crippen molar-refractivity contribution in [3.8, 4) is 28.4 Å². The van der Waals surface area contributed by atoms with Crippen molar-refractivity contribution >= 4 is 5.91 Å². The van der Waals surface area contributed by atoms with Crippen molar-refractivity contribution in [1.29, 1.82) is 0 Å². The van der Waals surface area contributed by atoms with Gasteiger partial charge in [0.05, 0.1) is 14.2 Å². The Labute approximate surface area is 196 Å². The van der Waals surface area contributed by atoms with Gasteiger partial charge in [-0.05, 0) is 59.4 Å². The number of hydrogen-bond acceptors (Lipinski definition) is 4. The van der Waals surface area contributed by atoms with Gasteiger partial charge in [-0.2, -0.15) is 0 Å². The highest BCUT2D eigenvalue weighted by atomic mass is 16.5. The molecular formula is C28H33NO4. The lowest BCUT2D eigenvalue weighted by Gasteiger charge is -2.28. The third kappa shape index (κ3) is 6.51. The van der Waals surface area contributed by atoms with Crippen molar-refractivity contribution in [2.24, 2.45) is 5.41 Å². The van der Waals surface area contributed by atoms with Gasteiger partial charge in [0.1, 0.15) is 17.2 Å². The molecule has 0 atom stereocenters.